The van der Waals surface area contributed by atoms with Gasteiger partial charge >= 0.3 is 5.69 Å². The maximum atomic E-state index is 13.0. The number of likely N-dealkylation sites (tertiary alicyclic amines) is 1. The third kappa shape index (κ3) is 5.48. The van der Waals surface area contributed by atoms with E-state index in [-0.39, 0.29) is 11.2 Å². The standard InChI is InChI=1S/C24H41N5O2/c1-5-6-7-8-9-10-11-13-17-29-20(18-28-16-14-12-15-19(28)2)25-22-21(29)23(30)27(4)24(31)26(22)3/h19H,5-18H2,1-4H3/t19-/m0/s1. The van der Waals surface area contributed by atoms with Gasteiger partial charge in [-0.05, 0) is 32.7 Å². The molecule has 0 amide bonds. The van der Waals surface area contributed by atoms with Gasteiger partial charge in [0.15, 0.2) is 11.2 Å². The Morgan fingerprint density at radius 3 is 2.29 bits per heavy atom. The number of aryl methyl sites for hydroxylation is 2. The average molecular weight is 432 g/mol. The molecule has 1 saturated heterocycles. The number of piperidine rings is 1. The maximum Gasteiger partial charge on any atom is 0.332 e. The zero-order valence-corrected chi connectivity index (χ0v) is 20.0. The zero-order valence-electron chi connectivity index (χ0n) is 20.0. The van der Waals surface area contributed by atoms with Gasteiger partial charge in [-0.15, -0.1) is 0 Å². The SMILES string of the molecule is CCCCCCCCCCn1c(CN2CCCC[C@@H]2C)nc2c1c(=O)n(C)c(=O)n2C. The first-order chi connectivity index (χ1) is 15.0. The van der Waals surface area contributed by atoms with Crippen LogP contribution >= 0.6 is 0 Å². The van der Waals surface area contributed by atoms with E-state index >= 15 is 0 Å². The second kappa shape index (κ2) is 11.1. The molecule has 0 aromatic carbocycles. The van der Waals surface area contributed by atoms with Crippen LogP contribution in [0, 0.1) is 0 Å². The van der Waals surface area contributed by atoms with Crippen LogP contribution in [-0.4, -0.2) is 36.2 Å². The lowest BCUT2D eigenvalue weighted by molar-refractivity contribution is 0.147. The number of imidazole rings is 1. The highest BCUT2D eigenvalue weighted by Crippen LogP contribution is 2.21. The molecule has 1 aliphatic heterocycles. The van der Waals surface area contributed by atoms with Gasteiger partial charge < -0.3 is 4.57 Å². The van der Waals surface area contributed by atoms with Crippen molar-refractivity contribution in [3.63, 3.8) is 0 Å². The Morgan fingerprint density at radius 2 is 1.61 bits per heavy atom. The van der Waals surface area contributed by atoms with E-state index in [2.05, 4.69) is 23.3 Å². The largest absolute Gasteiger partial charge is 0.332 e. The van der Waals surface area contributed by atoms with Crippen LogP contribution in [-0.2, 0) is 27.2 Å². The Hall–Kier alpha value is -1.89. The Kier molecular flexibility index (Phi) is 8.52. The molecule has 3 heterocycles. The van der Waals surface area contributed by atoms with Crippen molar-refractivity contribution in [3.05, 3.63) is 26.7 Å². The highest BCUT2D eigenvalue weighted by atomic mass is 16.2. The summed E-state index contributed by atoms with van der Waals surface area (Å²) in [5.41, 5.74) is 0.551. The van der Waals surface area contributed by atoms with Crippen LogP contribution in [0.2, 0.25) is 0 Å². The smallest absolute Gasteiger partial charge is 0.321 e. The van der Waals surface area contributed by atoms with E-state index in [1.54, 1.807) is 14.1 Å². The zero-order chi connectivity index (χ0) is 22.4. The quantitative estimate of drug-likeness (QED) is 0.505. The summed E-state index contributed by atoms with van der Waals surface area (Å²) < 4.78 is 4.83. The maximum absolute atomic E-state index is 13.0. The van der Waals surface area contributed by atoms with Gasteiger partial charge in [-0.1, -0.05) is 58.3 Å². The van der Waals surface area contributed by atoms with Crippen LogP contribution in [0.5, 0.6) is 0 Å². The molecule has 31 heavy (non-hydrogen) atoms. The number of aromatic nitrogens is 4. The van der Waals surface area contributed by atoms with Crippen LogP contribution in [0.3, 0.4) is 0 Å². The molecule has 1 aliphatic rings. The van der Waals surface area contributed by atoms with Crippen LogP contribution < -0.4 is 11.2 Å². The first-order valence-corrected chi connectivity index (χ1v) is 12.3. The molecule has 2 aromatic heterocycles. The molecular weight excluding hydrogens is 390 g/mol. The first-order valence-electron chi connectivity index (χ1n) is 12.3. The highest BCUT2D eigenvalue weighted by Gasteiger charge is 2.24. The van der Waals surface area contributed by atoms with Gasteiger partial charge in [-0.3, -0.25) is 18.8 Å². The van der Waals surface area contributed by atoms with Crippen LogP contribution in [0.4, 0.5) is 0 Å². The second-order valence-corrected chi connectivity index (χ2v) is 9.35. The molecule has 0 unspecified atom stereocenters. The molecule has 0 N–H and O–H groups in total. The van der Waals surface area contributed by atoms with Crippen LogP contribution in [0.15, 0.2) is 9.59 Å². The van der Waals surface area contributed by atoms with E-state index in [0.717, 1.165) is 38.3 Å². The van der Waals surface area contributed by atoms with Crippen molar-refractivity contribution < 1.29 is 0 Å². The topological polar surface area (TPSA) is 65.1 Å². The summed E-state index contributed by atoms with van der Waals surface area (Å²) in [6.07, 6.45) is 13.7. The van der Waals surface area contributed by atoms with E-state index in [9.17, 15) is 9.59 Å². The van der Waals surface area contributed by atoms with E-state index in [0.29, 0.717) is 17.2 Å². The monoisotopic (exact) mass is 431 g/mol. The Balaban J connectivity index is 1.80. The second-order valence-electron chi connectivity index (χ2n) is 9.35. The molecule has 7 nitrogen and oxygen atoms in total. The van der Waals surface area contributed by atoms with Gasteiger partial charge in [-0.25, -0.2) is 9.78 Å². The van der Waals surface area contributed by atoms with Crippen molar-refractivity contribution >= 4 is 11.2 Å². The minimum atomic E-state index is -0.313. The van der Waals surface area contributed by atoms with E-state index < -0.39 is 0 Å². The Bertz CT molecular complexity index is 971. The summed E-state index contributed by atoms with van der Waals surface area (Å²) >= 11 is 0. The molecule has 0 aliphatic carbocycles. The minimum absolute atomic E-state index is 0.233. The van der Waals surface area contributed by atoms with Crippen molar-refractivity contribution in [2.24, 2.45) is 14.1 Å². The van der Waals surface area contributed by atoms with Crippen molar-refractivity contribution in [2.45, 2.75) is 104 Å². The fourth-order valence-corrected chi connectivity index (χ4v) is 4.83. The predicted octanol–water partition coefficient (Wildman–Crippen LogP) is 3.95. The summed E-state index contributed by atoms with van der Waals surface area (Å²) in [6.45, 7) is 7.12. The molecule has 0 radical (unpaired) electrons. The molecule has 3 rings (SSSR count). The molecule has 0 spiro atoms. The predicted molar refractivity (Wildman–Crippen MR) is 127 cm³/mol. The Morgan fingerprint density at radius 1 is 0.935 bits per heavy atom. The number of unbranched alkanes of at least 4 members (excludes halogenated alkanes) is 7. The third-order valence-electron chi connectivity index (χ3n) is 6.95. The van der Waals surface area contributed by atoms with Crippen molar-refractivity contribution in [1.29, 1.82) is 0 Å². The van der Waals surface area contributed by atoms with Crippen molar-refractivity contribution in [1.82, 2.24) is 23.6 Å². The lowest BCUT2D eigenvalue weighted by Crippen LogP contribution is -2.38. The van der Waals surface area contributed by atoms with Crippen LogP contribution in [0.1, 0.15) is 90.3 Å². The van der Waals surface area contributed by atoms with Crippen LogP contribution in [0.25, 0.3) is 11.2 Å². The van der Waals surface area contributed by atoms with E-state index in [1.807, 2.05) is 0 Å². The summed E-state index contributed by atoms with van der Waals surface area (Å²) in [5, 5.41) is 0. The van der Waals surface area contributed by atoms with Gasteiger partial charge in [0.1, 0.15) is 5.82 Å². The highest BCUT2D eigenvalue weighted by molar-refractivity contribution is 5.71. The molecule has 1 atom stereocenters. The number of rotatable bonds is 11. The first kappa shape index (κ1) is 23.8. The molecule has 0 bridgehead atoms. The fraction of sp³-hybridized carbons (Fsp3) is 0.792. The van der Waals surface area contributed by atoms with Gasteiger partial charge in [0.2, 0.25) is 0 Å². The number of fused-ring (bicyclic) bond motifs is 1. The molecular formula is C24H41N5O2. The molecule has 0 saturated carbocycles. The number of nitrogens with zero attached hydrogens (tertiary/aromatic N) is 5. The van der Waals surface area contributed by atoms with Gasteiger partial charge in [0.25, 0.3) is 5.56 Å². The average Bonchev–Trinajstić information content (AvgIpc) is 3.12. The van der Waals surface area contributed by atoms with Crippen molar-refractivity contribution in [3.8, 4) is 0 Å². The van der Waals surface area contributed by atoms with Gasteiger partial charge in [-0.2, -0.15) is 0 Å². The summed E-state index contributed by atoms with van der Waals surface area (Å²) in [7, 11) is 3.27. The molecule has 1 fully saturated rings. The normalized spacial score (nSPS) is 17.6. The fourth-order valence-electron chi connectivity index (χ4n) is 4.83. The molecule has 2 aromatic rings. The van der Waals surface area contributed by atoms with E-state index in [4.69, 9.17) is 4.98 Å². The summed E-state index contributed by atoms with van der Waals surface area (Å²) in [4.78, 5) is 32.7. The number of hydrogen-bond donors (Lipinski definition) is 0. The lowest BCUT2D eigenvalue weighted by atomic mass is 10.0. The summed E-state index contributed by atoms with van der Waals surface area (Å²) in [6, 6.07) is 0.525. The third-order valence-corrected chi connectivity index (χ3v) is 6.95. The number of hydrogen-bond acceptors (Lipinski definition) is 4. The molecule has 7 heteroatoms. The molecule has 174 valence electrons. The van der Waals surface area contributed by atoms with Crippen molar-refractivity contribution in [2.75, 3.05) is 6.54 Å². The van der Waals surface area contributed by atoms with Gasteiger partial charge in [0, 0.05) is 26.7 Å². The van der Waals surface area contributed by atoms with E-state index in [1.165, 1.54) is 66.9 Å². The minimum Gasteiger partial charge on any atom is -0.321 e. The Labute approximate surface area is 186 Å². The lowest BCUT2D eigenvalue weighted by Gasteiger charge is -2.33. The van der Waals surface area contributed by atoms with Gasteiger partial charge in [0.05, 0.1) is 6.54 Å². The summed E-state index contributed by atoms with van der Waals surface area (Å²) in [5.74, 6) is 0.921.